The monoisotopic (exact) mass is 165 g/mol. The van der Waals surface area contributed by atoms with Crippen LogP contribution in [0.2, 0.25) is 0 Å². The molecule has 5 nitrogen and oxygen atoms in total. The number of hydrogen-bond donors (Lipinski definition) is 3. The molecule has 0 aliphatic rings. The largest absolute Gasteiger partial charge is 0.480 e. The van der Waals surface area contributed by atoms with Crippen molar-refractivity contribution in [1.29, 1.82) is 0 Å². The zero-order chi connectivity index (χ0) is 8.15. The molecular formula is C4H8NO4P. The van der Waals surface area contributed by atoms with Crippen molar-refractivity contribution in [2.75, 3.05) is 6.61 Å². The van der Waals surface area contributed by atoms with Gasteiger partial charge in [-0.1, -0.05) is 0 Å². The summed E-state index contributed by atoms with van der Waals surface area (Å²) in [7, 11) is 1.75. The van der Waals surface area contributed by atoms with E-state index >= 15 is 0 Å². The summed E-state index contributed by atoms with van der Waals surface area (Å²) in [6.45, 7) is -0.602. The Morgan fingerprint density at radius 3 is 2.20 bits per heavy atom. The standard InChI is InChI=1S/C4H8NO4P/c6-1-2(3(7)8)5-4(9)10/h2,6H,1,10H2,(H,5,9)(H,7,8)/t2-/m0/s1. The molecule has 1 amide bonds. The van der Waals surface area contributed by atoms with Gasteiger partial charge in [0, 0.05) is 0 Å². The van der Waals surface area contributed by atoms with Gasteiger partial charge in [-0.3, -0.25) is 4.79 Å². The van der Waals surface area contributed by atoms with E-state index in [9.17, 15) is 9.59 Å². The summed E-state index contributed by atoms with van der Waals surface area (Å²) in [5, 5.41) is 18.6. The molecule has 0 rings (SSSR count). The molecule has 0 saturated heterocycles. The smallest absolute Gasteiger partial charge is 0.328 e. The van der Waals surface area contributed by atoms with Crippen molar-refractivity contribution < 1.29 is 19.8 Å². The lowest BCUT2D eigenvalue weighted by molar-refractivity contribution is -0.140. The first kappa shape index (κ1) is 9.33. The zero-order valence-corrected chi connectivity index (χ0v) is 6.23. The second kappa shape index (κ2) is 4.19. The zero-order valence-electron chi connectivity index (χ0n) is 5.07. The lowest BCUT2D eigenvalue weighted by Crippen LogP contribution is -2.40. The van der Waals surface area contributed by atoms with Crippen LogP contribution in [-0.4, -0.2) is 34.5 Å². The molecule has 1 unspecified atom stereocenters. The van der Waals surface area contributed by atoms with E-state index < -0.39 is 24.3 Å². The van der Waals surface area contributed by atoms with E-state index in [0.717, 1.165) is 0 Å². The molecule has 6 heteroatoms. The van der Waals surface area contributed by atoms with Gasteiger partial charge in [0.25, 0.3) is 0 Å². The molecule has 0 aromatic rings. The second-order valence-corrected chi connectivity index (χ2v) is 2.11. The lowest BCUT2D eigenvalue weighted by atomic mass is 10.3. The molecule has 2 atom stereocenters. The van der Waals surface area contributed by atoms with E-state index in [1.54, 1.807) is 9.24 Å². The Morgan fingerprint density at radius 2 is 2.10 bits per heavy atom. The Bertz CT molecular complexity index is 148. The lowest BCUT2D eigenvalue weighted by Gasteiger charge is -2.07. The van der Waals surface area contributed by atoms with Gasteiger partial charge in [-0.05, 0) is 9.24 Å². The maximum atomic E-state index is 10.2. The average molecular weight is 165 g/mol. The minimum absolute atomic E-state index is 0.554. The number of carboxylic acids is 1. The van der Waals surface area contributed by atoms with Crippen LogP contribution in [0.25, 0.3) is 0 Å². The Hall–Kier alpha value is -0.670. The van der Waals surface area contributed by atoms with Crippen molar-refractivity contribution in [3.8, 4) is 0 Å². The van der Waals surface area contributed by atoms with Crippen molar-refractivity contribution in [1.82, 2.24) is 5.32 Å². The Labute approximate surface area is 59.6 Å². The van der Waals surface area contributed by atoms with Gasteiger partial charge in [-0.25, -0.2) is 4.79 Å². The molecule has 0 saturated carbocycles. The van der Waals surface area contributed by atoms with Crippen molar-refractivity contribution in [2.45, 2.75) is 6.04 Å². The third kappa shape index (κ3) is 3.37. The number of aliphatic hydroxyl groups is 1. The quantitative estimate of drug-likeness (QED) is 0.469. The van der Waals surface area contributed by atoms with Crippen LogP contribution in [0.1, 0.15) is 0 Å². The highest BCUT2D eigenvalue weighted by Crippen LogP contribution is 1.87. The van der Waals surface area contributed by atoms with Gasteiger partial charge in [-0.2, -0.15) is 0 Å². The molecule has 0 spiro atoms. The van der Waals surface area contributed by atoms with Crippen LogP contribution in [0.3, 0.4) is 0 Å². The van der Waals surface area contributed by atoms with Crippen molar-refractivity contribution in [2.24, 2.45) is 0 Å². The van der Waals surface area contributed by atoms with Gasteiger partial charge < -0.3 is 15.5 Å². The number of carbonyl (C=O) groups excluding carboxylic acids is 1. The summed E-state index contributed by atoms with van der Waals surface area (Å²) in [5.74, 6) is -1.25. The third-order valence-corrected chi connectivity index (χ3v) is 0.964. The normalized spacial score (nSPS) is 12.2. The molecule has 0 aliphatic heterocycles. The van der Waals surface area contributed by atoms with Crippen LogP contribution in [0.15, 0.2) is 0 Å². The summed E-state index contributed by atoms with van der Waals surface area (Å²) in [4.78, 5) is 20.3. The number of carbonyl (C=O) groups is 2. The maximum absolute atomic E-state index is 10.2. The highest BCUT2D eigenvalue weighted by Gasteiger charge is 2.15. The van der Waals surface area contributed by atoms with Crippen molar-refractivity contribution in [3.05, 3.63) is 0 Å². The highest BCUT2D eigenvalue weighted by atomic mass is 31.0. The molecule has 58 valence electrons. The minimum Gasteiger partial charge on any atom is -0.480 e. The first-order valence-electron chi connectivity index (χ1n) is 2.47. The van der Waals surface area contributed by atoms with E-state index in [-0.39, 0.29) is 0 Å². The molecule has 0 fully saturated rings. The van der Waals surface area contributed by atoms with Crippen LogP contribution in [0.5, 0.6) is 0 Å². The second-order valence-electron chi connectivity index (χ2n) is 1.58. The third-order valence-electron chi connectivity index (χ3n) is 0.797. The molecule has 3 N–H and O–H groups in total. The molecule has 0 aliphatic carbocycles. The number of aliphatic carboxylic acids is 1. The van der Waals surface area contributed by atoms with Crippen LogP contribution in [-0.2, 0) is 4.79 Å². The van der Waals surface area contributed by atoms with E-state index in [2.05, 4.69) is 0 Å². The van der Waals surface area contributed by atoms with Crippen LogP contribution >= 0.6 is 9.24 Å². The summed E-state index contributed by atoms with van der Waals surface area (Å²) in [6.07, 6.45) is 0. The summed E-state index contributed by atoms with van der Waals surface area (Å²) < 4.78 is 0. The van der Waals surface area contributed by atoms with Crippen LogP contribution < -0.4 is 5.32 Å². The van der Waals surface area contributed by atoms with Gasteiger partial charge in [0.1, 0.15) is 0 Å². The number of hydrogen-bond acceptors (Lipinski definition) is 3. The maximum Gasteiger partial charge on any atom is 0.328 e. The van der Waals surface area contributed by atoms with Gasteiger partial charge in [0.15, 0.2) is 6.04 Å². The van der Waals surface area contributed by atoms with Gasteiger partial charge in [0.2, 0.25) is 5.65 Å². The number of rotatable bonds is 3. The Balaban J connectivity index is 3.83. The fraction of sp³-hybridized carbons (Fsp3) is 0.500. The molecule has 0 radical (unpaired) electrons. The minimum atomic E-state index is -1.25. The molecule has 0 aromatic carbocycles. The van der Waals surface area contributed by atoms with E-state index in [0.29, 0.717) is 0 Å². The number of nitrogens with one attached hydrogen (secondary N) is 1. The van der Waals surface area contributed by atoms with E-state index in [1.165, 1.54) is 0 Å². The topological polar surface area (TPSA) is 86.6 Å². The van der Waals surface area contributed by atoms with Crippen LogP contribution in [0.4, 0.5) is 4.79 Å². The molecule has 0 aromatic heterocycles. The molecule has 10 heavy (non-hydrogen) atoms. The SMILES string of the molecule is O=C(P)N[C@@H](CO)C(=O)O. The van der Waals surface area contributed by atoms with Gasteiger partial charge in [-0.15, -0.1) is 0 Å². The fourth-order valence-corrected chi connectivity index (χ4v) is 0.558. The summed E-state index contributed by atoms with van der Waals surface area (Å²) in [5.41, 5.74) is -0.554. The Morgan fingerprint density at radius 1 is 1.60 bits per heavy atom. The highest BCUT2D eigenvalue weighted by molar-refractivity contribution is 7.39. The van der Waals surface area contributed by atoms with E-state index in [4.69, 9.17) is 10.2 Å². The number of aliphatic hydroxyl groups excluding tert-OH is 1. The van der Waals surface area contributed by atoms with Crippen molar-refractivity contribution >= 4 is 20.9 Å². The molecular weight excluding hydrogens is 157 g/mol. The van der Waals surface area contributed by atoms with Crippen molar-refractivity contribution in [3.63, 3.8) is 0 Å². The average Bonchev–Trinajstić information content (AvgIpc) is 1.81. The number of carboxylic acid groups (broad SMARTS) is 1. The van der Waals surface area contributed by atoms with Crippen LogP contribution in [0, 0.1) is 0 Å². The molecule has 0 heterocycles. The first-order chi connectivity index (χ1) is 4.57. The predicted molar refractivity (Wildman–Crippen MR) is 36.8 cm³/mol. The Kier molecular flexibility index (Phi) is 3.91. The fourth-order valence-electron chi connectivity index (χ4n) is 0.357. The first-order valence-corrected chi connectivity index (χ1v) is 3.05. The summed E-state index contributed by atoms with van der Waals surface area (Å²) in [6, 6.07) is -1.20. The summed E-state index contributed by atoms with van der Waals surface area (Å²) >= 11 is 0. The number of amides is 1. The molecule has 0 bridgehead atoms. The van der Waals surface area contributed by atoms with E-state index in [1.807, 2.05) is 5.32 Å². The predicted octanol–water partition coefficient (Wildman–Crippen LogP) is -0.983. The van der Waals surface area contributed by atoms with Gasteiger partial charge in [0.05, 0.1) is 6.61 Å². The van der Waals surface area contributed by atoms with Gasteiger partial charge >= 0.3 is 5.97 Å².